The molecular formula is C14H23ClN4OS. The van der Waals surface area contributed by atoms with Crippen LogP contribution in [-0.4, -0.2) is 29.2 Å². The summed E-state index contributed by atoms with van der Waals surface area (Å²) in [6.07, 6.45) is 6.54. The Labute approximate surface area is 135 Å². The number of anilines is 1. The minimum Gasteiger partial charge on any atom is -0.317 e. The maximum atomic E-state index is 12.3. The summed E-state index contributed by atoms with van der Waals surface area (Å²) in [6, 6.07) is 0. The van der Waals surface area contributed by atoms with E-state index in [-0.39, 0.29) is 29.6 Å². The van der Waals surface area contributed by atoms with Crippen LogP contribution in [0, 0.1) is 11.3 Å². The van der Waals surface area contributed by atoms with Crippen LogP contribution in [0.1, 0.15) is 44.0 Å². The lowest BCUT2D eigenvalue weighted by atomic mass is 9.92. The first kappa shape index (κ1) is 16.6. The van der Waals surface area contributed by atoms with E-state index in [1.54, 1.807) is 0 Å². The lowest BCUT2D eigenvalue weighted by Gasteiger charge is -2.22. The third-order valence-corrected chi connectivity index (χ3v) is 5.45. The largest absolute Gasteiger partial charge is 0.317 e. The number of nitrogens with zero attached hydrogens (tertiary/aromatic N) is 2. The number of piperidine rings is 1. The van der Waals surface area contributed by atoms with Crippen LogP contribution in [-0.2, 0) is 11.2 Å². The van der Waals surface area contributed by atoms with Crippen molar-refractivity contribution in [2.75, 3.05) is 18.4 Å². The first-order chi connectivity index (χ1) is 9.73. The molecule has 1 aliphatic heterocycles. The van der Waals surface area contributed by atoms with Gasteiger partial charge in [0.1, 0.15) is 5.01 Å². The van der Waals surface area contributed by atoms with Crippen molar-refractivity contribution in [2.24, 2.45) is 11.3 Å². The van der Waals surface area contributed by atoms with E-state index in [4.69, 9.17) is 0 Å². The van der Waals surface area contributed by atoms with Crippen LogP contribution in [0.15, 0.2) is 0 Å². The molecule has 2 heterocycles. The fourth-order valence-corrected chi connectivity index (χ4v) is 3.91. The predicted molar refractivity (Wildman–Crippen MR) is 87.0 cm³/mol. The Hall–Kier alpha value is -0.720. The molecule has 5 nitrogen and oxygen atoms in total. The molecule has 1 aromatic heterocycles. The number of carbonyl (C=O) groups excluding carboxylic acids is 1. The molecule has 3 rings (SSSR count). The zero-order valence-corrected chi connectivity index (χ0v) is 14.0. The van der Waals surface area contributed by atoms with Gasteiger partial charge in [0.25, 0.3) is 0 Å². The molecule has 0 aromatic carbocycles. The number of nitrogens with one attached hydrogen (secondary N) is 2. The van der Waals surface area contributed by atoms with Crippen molar-refractivity contribution in [3.8, 4) is 0 Å². The first-order valence-electron chi connectivity index (χ1n) is 7.57. The molecule has 1 saturated carbocycles. The first-order valence-corrected chi connectivity index (χ1v) is 8.39. The van der Waals surface area contributed by atoms with Gasteiger partial charge in [-0.05, 0) is 44.2 Å². The number of aromatic nitrogens is 2. The number of hydrogen-bond acceptors (Lipinski definition) is 5. The van der Waals surface area contributed by atoms with Crippen LogP contribution >= 0.6 is 23.7 Å². The Morgan fingerprint density at radius 3 is 2.90 bits per heavy atom. The summed E-state index contributed by atoms with van der Waals surface area (Å²) < 4.78 is 0. The number of aryl methyl sites for hydroxylation is 1. The van der Waals surface area contributed by atoms with Crippen molar-refractivity contribution < 1.29 is 4.79 Å². The highest BCUT2D eigenvalue weighted by Crippen LogP contribution is 2.58. The third kappa shape index (κ3) is 3.73. The second kappa shape index (κ2) is 7.03. The summed E-state index contributed by atoms with van der Waals surface area (Å²) >= 11 is 1.51. The molecule has 1 unspecified atom stereocenters. The molecule has 2 fully saturated rings. The summed E-state index contributed by atoms with van der Waals surface area (Å²) in [5.41, 5.74) is 0.283. The van der Waals surface area contributed by atoms with E-state index in [0.29, 0.717) is 5.13 Å². The van der Waals surface area contributed by atoms with Gasteiger partial charge in [-0.15, -0.1) is 22.6 Å². The normalized spacial score (nSPS) is 22.6. The Balaban J connectivity index is 0.00000161. The highest BCUT2D eigenvalue weighted by Gasteiger charge is 2.57. The zero-order chi connectivity index (χ0) is 14.0. The van der Waals surface area contributed by atoms with Gasteiger partial charge >= 0.3 is 0 Å². The third-order valence-electron chi connectivity index (χ3n) is 4.55. The van der Waals surface area contributed by atoms with Crippen molar-refractivity contribution in [3.63, 3.8) is 0 Å². The van der Waals surface area contributed by atoms with Gasteiger partial charge < -0.3 is 10.6 Å². The van der Waals surface area contributed by atoms with E-state index < -0.39 is 0 Å². The van der Waals surface area contributed by atoms with E-state index in [1.165, 1.54) is 11.3 Å². The minimum atomic E-state index is 0. The number of halogens is 1. The average molecular weight is 331 g/mol. The summed E-state index contributed by atoms with van der Waals surface area (Å²) in [4.78, 5) is 12.3. The number of unbranched alkanes of at least 4 members (excludes halogenated alkanes) is 1. The van der Waals surface area contributed by atoms with Crippen LogP contribution < -0.4 is 10.6 Å². The number of hydrogen-bond donors (Lipinski definition) is 2. The quantitative estimate of drug-likeness (QED) is 0.871. The molecule has 1 saturated heterocycles. The lowest BCUT2D eigenvalue weighted by Crippen LogP contribution is -2.31. The fourth-order valence-electron chi connectivity index (χ4n) is 3.12. The Morgan fingerprint density at radius 1 is 1.43 bits per heavy atom. The second-order valence-corrected chi connectivity index (χ2v) is 7.02. The smallest absolute Gasteiger partial charge is 0.229 e. The van der Waals surface area contributed by atoms with Gasteiger partial charge in [-0.25, -0.2) is 0 Å². The van der Waals surface area contributed by atoms with Gasteiger partial charge in [-0.2, -0.15) is 0 Å². The van der Waals surface area contributed by atoms with Gasteiger partial charge in [-0.3, -0.25) is 4.79 Å². The molecular weight excluding hydrogens is 308 g/mol. The molecule has 1 aromatic rings. The van der Waals surface area contributed by atoms with Gasteiger partial charge in [0.15, 0.2) is 0 Å². The maximum Gasteiger partial charge on any atom is 0.229 e. The molecule has 2 N–H and O–H groups in total. The van der Waals surface area contributed by atoms with Crippen molar-refractivity contribution >= 4 is 34.8 Å². The summed E-state index contributed by atoms with van der Waals surface area (Å²) in [5, 5.41) is 16.2. The van der Waals surface area contributed by atoms with Crippen LogP contribution in [0.5, 0.6) is 0 Å². The standard InChI is InChI=1S/C14H22N4OS.ClH/c1-2-3-4-11-17-18-13(20-11)16-12(19)10-9-14(10)5-7-15-8-6-14;/h10,15H,2-9H2,1H3,(H,16,18,19);1H. The zero-order valence-electron chi connectivity index (χ0n) is 12.4. The van der Waals surface area contributed by atoms with Gasteiger partial charge in [-0.1, -0.05) is 24.7 Å². The lowest BCUT2D eigenvalue weighted by molar-refractivity contribution is -0.118. The van der Waals surface area contributed by atoms with Crippen LogP contribution in [0.2, 0.25) is 0 Å². The fraction of sp³-hybridized carbons (Fsp3) is 0.786. The van der Waals surface area contributed by atoms with Crippen molar-refractivity contribution in [1.29, 1.82) is 0 Å². The van der Waals surface area contributed by atoms with Gasteiger partial charge in [0.05, 0.1) is 0 Å². The van der Waals surface area contributed by atoms with Crippen molar-refractivity contribution in [2.45, 2.75) is 45.4 Å². The number of carbonyl (C=O) groups is 1. The summed E-state index contributed by atoms with van der Waals surface area (Å²) in [7, 11) is 0. The predicted octanol–water partition coefficient (Wildman–Crippen LogP) is 2.63. The SMILES string of the molecule is CCCCc1nnc(NC(=O)C2CC23CCNCC3)s1.Cl. The van der Waals surface area contributed by atoms with Crippen molar-refractivity contribution in [1.82, 2.24) is 15.5 Å². The average Bonchev–Trinajstić information content (AvgIpc) is 2.95. The molecule has 0 radical (unpaired) electrons. The van der Waals surface area contributed by atoms with E-state index in [2.05, 4.69) is 27.8 Å². The summed E-state index contributed by atoms with van der Waals surface area (Å²) in [5.74, 6) is 0.331. The summed E-state index contributed by atoms with van der Waals surface area (Å²) in [6.45, 7) is 4.25. The highest BCUT2D eigenvalue weighted by atomic mass is 35.5. The molecule has 7 heteroatoms. The molecule has 2 aliphatic rings. The number of amides is 1. The molecule has 118 valence electrons. The molecule has 21 heavy (non-hydrogen) atoms. The maximum absolute atomic E-state index is 12.3. The number of rotatable bonds is 5. The van der Waals surface area contributed by atoms with E-state index in [0.717, 1.165) is 56.6 Å². The Bertz CT molecular complexity index is 487. The van der Waals surface area contributed by atoms with E-state index >= 15 is 0 Å². The van der Waals surface area contributed by atoms with E-state index in [1.807, 2.05) is 0 Å². The van der Waals surface area contributed by atoms with E-state index in [9.17, 15) is 4.79 Å². The van der Waals surface area contributed by atoms with Crippen molar-refractivity contribution in [3.05, 3.63) is 5.01 Å². The molecule has 1 aliphatic carbocycles. The molecule has 1 atom stereocenters. The molecule has 0 bridgehead atoms. The van der Waals surface area contributed by atoms with Crippen LogP contribution in [0.4, 0.5) is 5.13 Å². The topological polar surface area (TPSA) is 66.9 Å². The Morgan fingerprint density at radius 2 is 2.19 bits per heavy atom. The Kier molecular flexibility index (Phi) is 5.57. The van der Waals surface area contributed by atoms with Gasteiger partial charge in [0, 0.05) is 12.3 Å². The van der Waals surface area contributed by atoms with Crippen LogP contribution in [0.3, 0.4) is 0 Å². The molecule has 1 spiro atoms. The minimum absolute atomic E-state index is 0. The van der Waals surface area contributed by atoms with Crippen LogP contribution in [0.25, 0.3) is 0 Å². The highest BCUT2D eigenvalue weighted by molar-refractivity contribution is 7.15. The second-order valence-electron chi connectivity index (χ2n) is 5.96. The molecule has 1 amide bonds. The van der Waals surface area contributed by atoms with Gasteiger partial charge in [0.2, 0.25) is 11.0 Å². The monoisotopic (exact) mass is 330 g/mol.